The van der Waals surface area contributed by atoms with Gasteiger partial charge in [0.15, 0.2) is 0 Å². The minimum Gasteiger partial charge on any atom is -0.435 e. The van der Waals surface area contributed by atoms with Crippen molar-refractivity contribution in [1.82, 2.24) is 4.98 Å². The number of fused-ring (bicyclic) bond motifs is 1. The van der Waals surface area contributed by atoms with Crippen LogP contribution in [0.3, 0.4) is 0 Å². The Kier molecular flexibility index (Phi) is 4.48. The van der Waals surface area contributed by atoms with Crippen LogP contribution in [0.1, 0.15) is 10.6 Å². The van der Waals surface area contributed by atoms with E-state index < -0.39 is 11.5 Å². The Bertz CT molecular complexity index is 907. The Morgan fingerprint density at radius 1 is 1.17 bits per heavy atom. The molecule has 5 nitrogen and oxygen atoms in total. The molecule has 3 rings (SSSR count). The number of alkyl halides is 2. The van der Waals surface area contributed by atoms with Crippen molar-refractivity contribution in [3.8, 4) is 5.75 Å². The lowest BCUT2D eigenvalue weighted by Crippen LogP contribution is -2.01. The van der Waals surface area contributed by atoms with Gasteiger partial charge in [-0.2, -0.15) is 8.78 Å². The van der Waals surface area contributed by atoms with Gasteiger partial charge in [-0.05, 0) is 29.8 Å². The van der Waals surface area contributed by atoms with Crippen LogP contribution in [0.25, 0.3) is 22.4 Å². The monoisotopic (exact) mass is 348 g/mol. The predicted molar refractivity (Wildman–Crippen MR) is 88.3 cm³/mol. The first kappa shape index (κ1) is 16.0. The molecular weight excluding hydrogens is 338 g/mol. The van der Waals surface area contributed by atoms with Crippen LogP contribution >= 0.6 is 11.3 Å². The third-order valence-electron chi connectivity index (χ3n) is 3.12. The van der Waals surface area contributed by atoms with E-state index in [0.29, 0.717) is 10.5 Å². The molecule has 122 valence electrons. The first-order valence-corrected chi connectivity index (χ1v) is 7.61. The van der Waals surface area contributed by atoms with E-state index in [1.807, 2.05) is 0 Å². The normalized spacial score (nSPS) is 11.5. The summed E-state index contributed by atoms with van der Waals surface area (Å²) in [7, 11) is 0. The van der Waals surface area contributed by atoms with E-state index >= 15 is 0 Å². The van der Waals surface area contributed by atoms with E-state index in [2.05, 4.69) is 9.72 Å². The smallest absolute Gasteiger partial charge is 0.387 e. The van der Waals surface area contributed by atoms with Crippen molar-refractivity contribution in [3.05, 3.63) is 63.1 Å². The summed E-state index contributed by atoms with van der Waals surface area (Å²) in [6.45, 7) is -2.85. The van der Waals surface area contributed by atoms with Crippen molar-refractivity contribution < 1.29 is 18.4 Å². The maximum Gasteiger partial charge on any atom is 0.387 e. The van der Waals surface area contributed by atoms with Crippen LogP contribution < -0.4 is 4.74 Å². The summed E-state index contributed by atoms with van der Waals surface area (Å²) in [6.07, 6.45) is 3.54. The van der Waals surface area contributed by atoms with Gasteiger partial charge in [-0.15, -0.1) is 11.3 Å². The number of benzene rings is 2. The zero-order valence-electron chi connectivity index (χ0n) is 12.1. The second kappa shape index (κ2) is 6.71. The SMILES string of the molecule is O=[N+]([O-])c1ccc2nc(C=Cc3ccc(OC(F)F)cc3)sc2c1. The second-order valence-corrected chi connectivity index (χ2v) is 5.80. The minimum absolute atomic E-state index is 0.0244. The highest BCUT2D eigenvalue weighted by molar-refractivity contribution is 7.19. The summed E-state index contributed by atoms with van der Waals surface area (Å²) >= 11 is 1.33. The highest BCUT2D eigenvalue weighted by Gasteiger charge is 2.09. The first-order chi connectivity index (χ1) is 11.5. The van der Waals surface area contributed by atoms with Crippen LogP contribution in [0.2, 0.25) is 0 Å². The molecule has 0 saturated heterocycles. The van der Waals surface area contributed by atoms with Crippen molar-refractivity contribution in [2.75, 3.05) is 0 Å². The van der Waals surface area contributed by atoms with Crippen LogP contribution in [0.5, 0.6) is 5.75 Å². The number of non-ortho nitro benzene ring substituents is 1. The molecule has 0 fully saturated rings. The van der Waals surface area contributed by atoms with E-state index in [1.54, 1.807) is 30.4 Å². The van der Waals surface area contributed by atoms with Crippen LogP contribution in [0, 0.1) is 10.1 Å². The highest BCUT2D eigenvalue weighted by Crippen LogP contribution is 2.27. The van der Waals surface area contributed by atoms with E-state index in [-0.39, 0.29) is 11.4 Å². The van der Waals surface area contributed by atoms with Crippen molar-refractivity contribution in [2.45, 2.75) is 6.61 Å². The zero-order valence-corrected chi connectivity index (χ0v) is 12.9. The average Bonchev–Trinajstić information content (AvgIpc) is 2.95. The summed E-state index contributed by atoms with van der Waals surface area (Å²) < 4.78 is 29.2. The van der Waals surface area contributed by atoms with Crippen LogP contribution in [0.4, 0.5) is 14.5 Å². The van der Waals surface area contributed by atoms with E-state index in [4.69, 9.17) is 0 Å². The van der Waals surface area contributed by atoms with Gasteiger partial charge >= 0.3 is 6.61 Å². The highest BCUT2D eigenvalue weighted by atomic mass is 32.1. The molecule has 0 spiro atoms. The lowest BCUT2D eigenvalue weighted by molar-refractivity contribution is -0.384. The fourth-order valence-corrected chi connectivity index (χ4v) is 2.95. The first-order valence-electron chi connectivity index (χ1n) is 6.79. The quantitative estimate of drug-likeness (QED) is 0.482. The molecule has 0 amide bonds. The molecular formula is C16H10F2N2O3S. The lowest BCUT2D eigenvalue weighted by Gasteiger charge is -2.03. The van der Waals surface area contributed by atoms with Gasteiger partial charge in [0.05, 0.1) is 15.1 Å². The number of nitro groups is 1. The van der Waals surface area contributed by atoms with Crippen molar-refractivity contribution >= 4 is 39.4 Å². The topological polar surface area (TPSA) is 65.3 Å². The number of thiazole rings is 1. The number of aromatic nitrogens is 1. The maximum atomic E-state index is 12.1. The fraction of sp³-hybridized carbons (Fsp3) is 0.0625. The van der Waals surface area contributed by atoms with Crippen molar-refractivity contribution in [2.24, 2.45) is 0 Å². The summed E-state index contributed by atoms with van der Waals surface area (Å²) in [6, 6.07) is 10.7. The molecule has 3 aromatic rings. The Morgan fingerprint density at radius 3 is 2.58 bits per heavy atom. The van der Waals surface area contributed by atoms with Gasteiger partial charge in [0.25, 0.3) is 5.69 Å². The molecule has 1 heterocycles. The van der Waals surface area contributed by atoms with Crippen LogP contribution in [-0.4, -0.2) is 16.5 Å². The minimum atomic E-state index is -2.85. The standard InChI is InChI=1S/C16H10F2N2O3S/c17-16(18)23-12-5-1-10(2-6-12)3-8-15-19-13-7-4-11(20(21)22)9-14(13)24-15/h1-9,16H. The molecule has 0 aliphatic rings. The Morgan fingerprint density at radius 2 is 1.92 bits per heavy atom. The van der Waals surface area contributed by atoms with Gasteiger partial charge in [-0.25, -0.2) is 4.98 Å². The number of nitrogens with zero attached hydrogens (tertiary/aromatic N) is 2. The molecule has 0 aliphatic heterocycles. The molecule has 24 heavy (non-hydrogen) atoms. The van der Waals surface area contributed by atoms with Gasteiger partial charge in [-0.1, -0.05) is 18.2 Å². The molecule has 0 bridgehead atoms. The predicted octanol–water partition coefficient (Wildman–Crippen LogP) is 4.98. The molecule has 1 aromatic heterocycles. The number of ether oxygens (including phenoxy) is 1. The molecule has 0 atom stereocenters. The lowest BCUT2D eigenvalue weighted by atomic mass is 10.2. The van der Waals surface area contributed by atoms with Gasteiger partial charge in [0, 0.05) is 12.1 Å². The third-order valence-corrected chi connectivity index (χ3v) is 4.11. The summed E-state index contributed by atoms with van der Waals surface area (Å²) in [4.78, 5) is 14.7. The summed E-state index contributed by atoms with van der Waals surface area (Å²) in [5.74, 6) is 0.0921. The van der Waals surface area contributed by atoms with Crippen molar-refractivity contribution in [1.29, 1.82) is 0 Å². The van der Waals surface area contributed by atoms with Gasteiger partial charge in [0.2, 0.25) is 0 Å². The number of halogens is 2. The average molecular weight is 348 g/mol. The number of nitro benzene ring substituents is 1. The molecule has 8 heteroatoms. The van der Waals surface area contributed by atoms with Gasteiger partial charge in [0.1, 0.15) is 10.8 Å². The van der Waals surface area contributed by atoms with Gasteiger partial charge < -0.3 is 4.74 Å². The van der Waals surface area contributed by atoms with E-state index in [9.17, 15) is 18.9 Å². The fourth-order valence-electron chi connectivity index (χ4n) is 2.04. The van der Waals surface area contributed by atoms with Crippen LogP contribution in [0.15, 0.2) is 42.5 Å². The van der Waals surface area contributed by atoms with Crippen molar-refractivity contribution in [3.63, 3.8) is 0 Å². The molecule has 0 N–H and O–H groups in total. The Labute approximate surface area is 139 Å². The molecule has 0 aliphatic carbocycles. The molecule has 0 unspecified atom stereocenters. The second-order valence-electron chi connectivity index (χ2n) is 4.74. The maximum absolute atomic E-state index is 12.1. The number of hydrogen-bond donors (Lipinski definition) is 0. The number of rotatable bonds is 5. The molecule has 0 saturated carbocycles. The Balaban J connectivity index is 1.78. The van der Waals surface area contributed by atoms with E-state index in [0.717, 1.165) is 10.3 Å². The summed E-state index contributed by atoms with van der Waals surface area (Å²) in [5.41, 5.74) is 1.50. The zero-order chi connectivity index (χ0) is 17.1. The molecule has 0 radical (unpaired) electrons. The Hall–Kier alpha value is -2.87. The largest absolute Gasteiger partial charge is 0.435 e. The van der Waals surface area contributed by atoms with Gasteiger partial charge in [-0.3, -0.25) is 10.1 Å². The molecule has 2 aromatic carbocycles. The third kappa shape index (κ3) is 3.72. The number of hydrogen-bond acceptors (Lipinski definition) is 5. The van der Waals surface area contributed by atoms with E-state index in [1.165, 1.54) is 35.6 Å². The summed E-state index contributed by atoms with van der Waals surface area (Å²) in [5, 5.41) is 11.5. The van der Waals surface area contributed by atoms with Crippen LogP contribution in [-0.2, 0) is 0 Å².